The van der Waals surface area contributed by atoms with Crippen LogP contribution in [-0.4, -0.2) is 17.0 Å². The van der Waals surface area contributed by atoms with Gasteiger partial charge in [0.25, 0.3) is 0 Å². The number of amides is 1. The van der Waals surface area contributed by atoms with Crippen molar-refractivity contribution >= 4 is 22.8 Å². The molecule has 1 amide bonds. The quantitative estimate of drug-likeness (QED) is 0.813. The maximum absolute atomic E-state index is 12.6. The second kappa shape index (κ2) is 7.30. The van der Waals surface area contributed by atoms with Crippen molar-refractivity contribution < 1.29 is 19.1 Å². The van der Waals surface area contributed by atoms with E-state index in [0.717, 1.165) is 43.1 Å². The molecule has 1 aromatic carbocycles. The molecule has 1 aliphatic rings. The summed E-state index contributed by atoms with van der Waals surface area (Å²) >= 11 is 0. The number of para-hydroxylation sites is 1. The molecule has 1 atom stereocenters. The third-order valence-corrected chi connectivity index (χ3v) is 5.22. The topological polar surface area (TPSA) is 79.5 Å². The first-order valence-corrected chi connectivity index (χ1v) is 8.97. The van der Waals surface area contributed by atoms with Gasteiger partial charge < -0.3 is 14.8 Å². The summed E-state index contributed by atoms with van der Waals surface area (Å²) in [6.07, 6.45) is 5.08. The summed E-state index contributed by atoms with van der Waals surface area (Å²) in [6, 6.07) is 9.43. The molecule has 134 valence electrons. The molecule has 1 heterocycles. The molecule has 1 saturated carbocycles. The van der Waals surface area contributed by atoms with Crippen LogP contribution in [0.25, 0.3) is 11.0 Å². The number of carbonyl (C=O) groups excluding carboxylic acids is 1. The molecule has 1 aliphatic carbocycles. The van der Waals surface area contributed by atoms with Gasteiger partial charge in [-0.2, -0.15) is 0 Å². The molecule has 1 aromatic heterocycles. The van der Waals surface area contributed by atoms with Gasteiger partial charge in [0.15, 0.2) is 0 Å². The minimum atomic E-state index is -0.819. The lowest BCUT2D eigenvalue weighted by Gasteiger charge is -2.35. The first-order valence-electron chi connectivity index (χ1n) is 8.97. The number of aliphatic carboxylic acids is 1. The molecule has 0 bridgehead atoms. The molecule has 0 spiro atoms. The van der Waals surface area contributed by atoms with Crippen molar-refractivity contribution in [2.75, 3.05) is 0 Å². The van der Waals surface area contributed by atoms with Crippen LogP contribution >= 0.6 is 0 Å². The zero-order valence-electron chi connectivity index (χ0n) is 14.6. The molecule has 1 unspecified atom stereocenters. The van der Waals surface area contributed by atoms with Crippen LogP contribution < -0.4 is 5.32 Å². The zero-order chi connectivity index (χ0) is 17.9. The minimum absolute atomic E-state index is 0.0689. The molecule has 5 heteroatoms. The van der Waals surface area contributed by atoms with Crippen molar-refractivity contribution in [3.63, 3.8) is 0 Å². The summed E-state index contributed by atoms with van der Waals surface area (Å²) in [7, 11) is 0. The fourth-order valence-electron chi connectivity index (χ4n) is 3.96. The van der Waals surface area contributed by atoms with E-state index in [0.29, 0.717) is 5.76 Å². The largest absolute Gasteiger partial charge is 0.481 e. The van der Waals surface area contributed by atoms with Gasteiger partial charge in [0, 0.05) is 11.8 Å². The predicted octanol–water partition coefficient (Wildman–Crippen LogP) is 4.43. The summed E-state index contributed by atoms with van der Waals surface area (Å²) in [5.74, 6) is -0.207. The molecule has 0 radical (unpaired) electrons. The van der Waals surface area contributed by atoms with Crippen molar-refractivity contribution in [1.29, 1.82) is 0 Å². The van der Waals surface area contributed by atoms with Crippen LogP contribution in [0, 0.1) is 5.41 Å². The van der Waals surface area contributed by atoms with Gasteiger partial charge in [0.05, 0.1) is 12.5 Å². The Hall–Kier alpha value is -2.30. The Bertz CT molecular complexity index is 725. The Kier molecular flexibility index (Phi) is 5.11. The van der Waals surface area contributed by atoms with Crippen LogP contribution in [0.15, 0.2) is 34.7 Å². The van der Waals surface area contributed by atoms with Crippen LogP contribution in [0.5, 0.6) is 0 Å². The minimum Gasteiger partial charge on any atom is -0.481 e. The van der Waals surface area contributed by atoms with Gasteiger partial charge in [0.2, 0.25) is 5.91 Å². The number of benzene rings is 1. The van der Waals surface area contributed by atoms with Gasteiger partial charge in [-0.1, -0.05) is 37.5 Å². The van der Waals surface area contributed by atoms with Crippen LogP contribution in [0.2, 0.25) is 0 Å². The highest BCUT2D eigenvalue weighted by Gasteiger charge is 2.36. The van der Waals surface area contributed by atoms with E-state index >= 15 is 0 Å². The summed E-state index contributed by atoms with van der Waals surface area (Å²) in [5, 5.41) is 13.2. The maximum atomic E-state index is 12.6. The molecule has 25 heavy (non-hydrogen) atoms. The lowest BCUT2D eigenvalue weighted by Crippen LogP contribution is -2.36. The highest BCUT2D eigenvalue weighted by Crippen LogP contribution is 2.42. The SMILES string of the molecule is CC(NC(=O)CC1(CC(=O)O)CCCCC1)c1cc2ccccc2o1. The Labute approximate surface area is 147 Å². The fraction of sp³-hybridized carbons (Fsp3) is 0.500. The molecular weight excluding hydrogens is 318 g/mol. The van der Waals surface area contributed by atoms with E-state index in [4.69, 9.17) is 4.42 Å². The van der Waals surface area contributed by atoms with E-state index in [-0.39, 0.29) is 24.8 Å². The molecular formula is C20H25NO4. The van der Waals surface area contributed by atoms with Crippen molar-refractivity contribution in [3.8, 4) is 0 Å². The highest BCUT2D eigenvalue weighted by atomic mass is 16.4. The zero-order valence-corrected chi connectivity index (χ0v) is 14.6. The number of hydrogen-bond donors (Lipinski definition) is 2. The predicted molar refractivity (Wildman–Crippen MR) is 95.2 cm³/mol. The lowest BCUT2D eigenvalue weighted by molar-refractivity contribution is -0.141. The summed E-state index contributed by atoms with van der Waals surface area (Å²) in [4.78, 5) is 23.8. The second-order valence-electron chi connectivity index (χ2n) is 7.28. The van der Waals surface area contributed by atoms with Gasteiger partial charge >= 0.3 is 5.97 Å². The summed E-state index contributed by atoms with van der Waals surface area (Å²) < 4.78 is 5.80. The van der Waals surface area contributed by atoms with E-state index < -0.39 is 11.4 Å². The van der Waals surface area contributed by atoms with E-state index in [9.17, 15) is 14.7 Å². The van der Waals surface area contributed by atoms with E-state index in [1.807, 2.05) is 37.3 Å². The number of carboxylic acids is 1. The Morgan fingerprint density at radius 2 is 1.92 bits per heavy atom. The molecule has 2 aromatic rings. The standard InChI is InChI=1S/C20H25NO4/c1-14(17-11-15-7-3-4-8-16(15)25-17)21-18(22)12-20(13-19(23)24)9-5-2-6-10-20/h3-4,7-8,11,14H,2,5-6,9-10,12-13H2,1H3,(H,21,22)(H,23,24). The van der Waals surface area contributed by atoms with Crippen LogP contribution in [-0.2, 0) is 9.59 Å². The van der Waals surface area contributed by atoms with E-state index in [1.54, 1.807) is 0 Å². The molecule has 5 nitrogen and oxygen atoms in total. The van der Waals surface area contributed by atoms with Gasteiger partial charge in [0.1, 0.15) is 11.3 Å². The van der Waals surface area contributed by atoms with Crippen LogP contribution in [0.1, 0.15) is 63.7 Å². The second-order valence-corrected chi connectivity index (χ2v) is 7.28. The monoisotopic (exact) mass is 343 g/mol. The number of rotatable bonds is 6. The first kappa shape index (κ1) is 17.5. The van der Waals surface area contributed by atoms with E-state index in [1.165, 1.54) is 0 Å². The number of carboxylic acid groups (broad SMARTS) is 1. The smallest absolute Gasteiger partial charge is 0.303 e. The Morgan fingerprint density at radius 1 is 1.20 bits per heavy atom. The number of hydrogen-bond acceptors (Lipinski definition) is 3. The summed E-state index contributed by atoms with van der Waals surface area (Å²) in [5.41, 5.74) is 0.398. The van der Waals surface area contributed by atoms with Gasteiger partial charge in [-0.3, -0.25) is 9.59 Å². The number of nitrogens with one attached hydrogen (secondary N) is 1. The lowest BCUT2D eigenvalue weighted by atomic mass is 9.69. The number of carbonyl (C=O) groups is 2. The Balaban J connectivity index is 1.66. The first-order chi connectivity index (χ1) is 12.0. The van der Waals surface area contributed by atoms with Gasteiger partial charge in [-0.05, 0) is 37.3 Å². The maximum Gasteiger partial charge on any atom is 0.303 e. The van der Waals surface area contributed by atoms with Gasteiger partial charge in [-0.25, -0.2) is 0 Å². The average molecular weight is 343 g/mol. The van der Waals surface area contributed by atoms with Crippen LogP contribution in [0.4, 0.5) is 0 Å². The van der Waals surface area contributed by atoms with Crippen molar-refractivity contribution in [1.82, 2.24) is 5.32 Å². The number of fused-ring (bicyclic) bond motifs is 1. The molecule has 2 N–H and O–H groups in total. The third kappa shape index (κ3) is 4.21. The van der Waals surface area contributed by atoms with Crippen molar-refractivity contribution in [2.24, 2.45) is 5.41 Å². The molecule has 1 fully saturated rings. The van der Waals surface area contributed by atoms with Crippen molar-refractivity contribution in [2.45, 2.75) is 57.9 Å². The fourth-order valence-corrected chi connectivity index (χ4v) is 3.96. The molecule has 0 saturated heterocycles. The Morgan fingerprint density at radius 3 is 2.60 bits per heavy atom. The molecule has 0 aliphatic heterocycles. The number of furan rings is 1. The van der Waals surface area contributed by atoms with Gasteiger partial charge in [-0.15, -0.1) is 0 Å². The van der Waals surface area contributed by atoms with E-state index in [2.05, 4.69) is 5.32 Å². The van der Waals surface area contributed by atoms with Crippen molar-refractivity contribution in [3.05, 3.63) is 36.1 Å². The average Bonchev–Trinajstić information content (AvgIpc) is 2.98. The summed E-state index contributed by atoms with van der Waals surface area (Å²) in [6.45, 7) is 1.89. The highest BCUT2D eigenvalue weighted by molar-refractivity contribution is 5.80. The molecule has 3 rings (SSSR count). The normalized spacial score (nSPS) is 18.0. The van der Waals surface area contributed by atoms with Crippen LogP contribution in [0.3, 0.4) is 0 Å². The third-order valence-electron chi connectivity index (χ3n) is 5.22.